The lowest BCUT2D eigenvalue weighted by atomic mass is 9.75. The third-order valence-electron chi connectivity index (χ3n) is 6.09. The van der Waals surface area contributed by atoms with Gasteiger partial charge in [-0.05, 0) is 56.0 Å². The van der Waals surface area contributed by atoms with Crippen LogP contribution in [0.3, 0.4) is 0 Å². The van der Waals surface area contributed by atoms with E-state index >= 15 is 0 Å². The van der Waals surface area contributed by atoms with Crippen molar-refractivity contribution in [3.8, 4) is 0 Å². The first kappa shape index (κ1) is 14.9. The fourth-order valence-corrected chi connectivity index (χ4v) is 4.74. The molecule has 0 radical (unpaired) electrons. The number of carbonyl (C=O) groups is 1. The first-order valence-corrected chi connectivity index (χ1v) is 8.89. The van der Waals surface area contributed by atoms with Crippen LogP contribution >= 0.6 is 0 Å². The maximum absolute atomic E-state index is 13.4. The summed E-state index contributed by atoms with van der Waals surface area (Å²) in [7, 11) is 2.25. The van der Waals surface area contributed by atoms with Crippen LogP contribution in [0.2, 0.25) is 0 Å². The van der Waals surface area contributed by atoms with Gasteiger partial charge >= 0.3 is 0 Å². The van der Waals surface area contributed by atoms with E-state index in [1.807, 2.05) is 12.1 Å². The molecule has 4 rings (SSSR count). The molecule has 2 aliphatic rings. The number of rotatable bonds is 2. The van der Waals surface area contributed by atoms with Crippen LogP contribution in [-0.4, -0.2) is 29.8 Å². The van der Waals surface area contributed by atoms with E-state index in [9.17, 15) is 4.79 Å². The van der Waals surface area contributed by atoms with E-state index in [2.05, 4.69) is 43.1 Å². The Bertz CT molecular complexity index is 737. The predicted molar refractivity (Wildman–Crippen MR) is 94.9 cm³/mol. The van der Waals surface area contributed by atoms with Gasteiger partial charge < -0.3 is 4.90 Å². The van der Waals surface area contributed by atoms with Crippen LogP contribution in [0.5, 0.6) is 0 Å². The van der Waals surface area contributed by atoms with Crippen LogP contribution in [0.1, 0.15) is 48.0 Å². The zero-order valence-electron chi connectivity index (χ0n) is 14.1. The largest absolute Gasteiger partial charge is 0.300 e. The number of fused-ring (bicyclic) bond motifs is 3. The second-order valence-corrected chi connectivity index (χ2v) is 7.42. The van der Waals surface area contributed by atoms with E-state index in [0.29, 0.717) is 17.9 Å². The van der Waals surface area contributed by atoms with Crippen molar-refractivity contribution >= 4 is 16.6 Å². The molecule has 0 spiro atoms. The molecule has 2 aromatic rings. The molecular formula is C21H25NO. The first-order valence-electron chi connectivity index (χ1n) is 8.89. The molecule has 0 amide bonds. The topological polar surface area (TPSA) is 20.3 Å². The van der Waals surface area contributed by atoms with E-state index in [0.717, 1.165) is 29.4 Å². The molecular weight excluding hydrogens is 282 g/mol. The molecule has 0 aliphatic carbocycles. The van der Waals surface area contributed by atoms with Crippen molar-refractivity contribution < 1.29 is 4.79 Å². The molecule has 0 N–H and O–H groups in total. The lowest BCUT2D eigenvalue weighted by molar-refractivity contribution is 0.0339. The van der Waals surface area contributed by atoms with E-state index in [1.54, 1.807) is 0 Å². The maximum atomic E-state index is 13.4. The van der Waals surface area contributed by atoms with Crippen molar-refractivity contribution in [2.45, 2.75) is 51.1 Å². The third kappa shape index (κ3) is 2.49. The van der Waals surface area contributed by atoms with Crippen LogP contribution in [0, 0.1) is 12.8 Å². The van der Waals surface area contributed by atoms with Gasteiger partial charge in [-0.1, -0.05) is 42.8 Å². The SMILES string of the molecule is Cc1ccc2ccccc2c1C(=O)C1CC2CCCC(C1)N2C. The van der Waals surface area contributed by atoms with Crippen LogP contribution in [-0.2, 0) is 0 Å². The molecule has 2 fully saturated rings. The van der Waals surface area contributed by atoms with Gasteiger partial charge in [-0.2, -0.15) is 0 Å². The molecule has 120 valence electrons. The highest BCUT2D eigenvalue weighted by Gasteiger charge is 2.39. The van der Waals surface area contributed by atoms with Crippen molar-refractivity contribution in [3.05, 3.63) is 47.5 Å². The molecule has 23 heavy (non-hydrogen) atoms. The second kappa shape index (κ2) is 5.76. The van der Waals surface area contributed by atoms with Crippen molar-refractivity contribution in [1.82, 2.24) is 4.90 Å². The molecule has 2 heteroatoms. The Morgan fingerprint density at radius 1 is 1.04 bits per heavy atom. The highest BCUT2D eigenvalue weighted by Crippen LogP contribution is 2.38. The van der Waals surface area contributed by atoms with E-state index in [4.69, 9.17) is 0 Å². The number of piperidine rings is 2. The van der Waals surface area contributed by atoms with E-state index in [-0.39, 0.29) is 5.92 Å². The first-order chi connectivity index (χ1) is 11.1. The molecule has 0 saturated carbocycles. The lowest BCUT2D eigenvalue weighted by Gasteiger charge is -2.46. The van der Waals surface area contributed by atoms with E-state index in [1.165, 1.54) is 24.6 Å². The highest BCUT2D eigenvalue weighted by molar-refractivity contribution is 6.10. The Hall–Kier alpha value is -1.67. The summed E-state index contributed by atoms with van der Waals surface area (Å²) >= 11 is 0. The Morgan fingerprint density at radius 2 is 1.74 bits per heavy atom. The summed E-state index contributed by atoms with van der Waals surface area (Å²) < 4.78 is 0. The van der Waals surface area contributed by atoms with Gasteiger partial charge in [-0.25, -0.2) is 0 Å². The van der Waals surface area contributed by atoms with Crippen molar-refractivity contribution in [2.24, 2.45) is 5.92 Å². The predicted octanol–water partition coefficient (Wildman–Crippen LogP) is 4.59. The molecule has 2 heterocycles. The maximum Gasteiger partial charge on any atom is 0.166 e. The minimum absolute atomic E-state index is 0.200. The summed E-state index contributed by atoms with van der Waals surface area (Å²) in [5.41, 5.74) is 2.09. The number of carbonyl (C=O) groups excluding carboxylic acids is 1. The molecule has 2 nitrogen and oxygen atoms in total. The zero-order chi connectivity index (χ0) is 16.0. The number of hydrogen-bond donors (Lipinski definition) is 0. The van der Waals surface area contributed by atoms with Gasteiger partial charge in [0.05, 0.1) is 0 Å². The van der Waals surface area contributed by atoms with Gasteiger partial charge in [-0.3, -0.25) is 4.79 Å². The molecule has 2 saturated heterocycles. The molecule has 2 unspecified atom stereocenters. The number of nitrogens with zero attached hydrogens (tertiary/aromatic N) is 1. The summed E-state index contributed by atoms with van der Waals surface area (Å²) in [6, 6.07) is 13.7. The Morgan fingerprint density at radius 3 is 2.48 bits per heavy atom. The van der Waals surface area contributed by atoms with Crippen molar-refractivity contribution in [3.63, 3.8) is 0 Å². The minimum atomic E-state index is 0.200. The van der Waals surface area contributed by atoms with Gasteiger partial charge in [0, 0.05) is 23.6 Å². The molecule has 2 bridgehead atoms. The average Bonchev–Trinajstić information content (AvgIpc) is 2.54. The minimum Gasteiger partial charge on any atom is -0.300 e. The van der Waals surface area contributed by atoms with Gasteiger partial charge in [0.2, 0.25) is 0 Å². The van der Waals surface area contributed by atoms with Crippen molar-refractivity contribution in [1.29, 1.82) is 0 Å². The smallest absolute Gasteiger partial charge is 0.166 e. The Labute approximate surface area is 138 Å². The summed E-state index contributed by atoms with van der Waals surface area (Å²) in [4.78, 5) is 15.9. The van der Waals surface area contributed by atoms with Crippen LogP contribution < -0.4 is 0 Å². The second-order valence-electron chi connectivity index (χ2n) is 7.42. The lowest BCUT2D eigenvalue weighted by Crippen LogP contribution is -2.51. The normalized spacial score (nSPS) is 28.0. The monoisotopic (exact) mass is 307 g/mol. The molecule has 2 atom stereocenters. The molecule has 2 aromatic carbocycles. The van der Waals surface area contributed by atoms with Gasteiger partial charge in [0.1, 0.15) is 0 Å². The summed E-state index contributed by atoms with van der Waals surface area (Å²) in [6.45, 7) is 2.08. The van der Waals surface area contributed by atoms with Gasteiger partial charge in [-0.15, -0.1) is 0 Å². The Kier molecular flexibility index (Phi) is 3.73. The number of aryl methyl sites for hydroxylation is 1. The fourth-order valence-electron chi connectivity index (χ4n) is 4.74. The fraction of sp³-hybridized carbons (Fsp3) is 0.476. The summed E-state index contributed by atoms with van der Waals surface area (Å²) in [5, 5.41) is 2.30. The van der Waals surface area contributed by atoms with Crippen LogP contribution in [0.15, 0.2) is 36.4 Å². The van der Waals surface area contributed by atoms with Crippen LogP contribution in [0.4, 0.5) is 0 Å². The van der Waals surface area contributed by atoms with Crippen LogP contribution in [0.25, 0.3) is 10.8 Å². The third-order valence-corrected chi connectivity index (χ3v) is 6.09. The number of benzene rings is 2. The summed E-state index contributed by atoms with van der Waals surface area (Å²) in [5.74, 6) is 0.579. The van der Waals surface area contributed by atoms with Crippen molar-refractivity contribution in [2.75, 3.05) is 7.05 Å². The quantitative estimate of drug-likeness (QED) is 0.756. The number of ketones is 1. The molecule has 2 aliphatic heterocycles. The van der Waals surface area contributed by atoms with E-state index < -0.39 is 0 Å². The average molecular weight is 307 g/mol. The number of hydrogen-bond acceptors (Lipinski definition) is 2. The standard InChI is InChI=1S/C21H25NO/c1-14-10-11-15-6-3-4-9-19(15)20(14)21(23)16-12-17-7-5-8-18(13-16)22(17)2/h3-4,6,9-11,16-18H,5,7-8,12-13H2,1-2H3. The number of Topliss-reactive ketones (excluding diaryl/α,β-unsaturated/α-hetero) is 1. The van der Waals surface area contributed by atoms with Gasteiger partial charge in [0.15, 0.2) is 5.78 Å². The zero-order valence-corrected chi connectivity index (χ0v) is 14.1. The van der Waals surface area contributed by atoms with Gasteiger partial charge in [0.25, 0.3) is 0 Å². The highest BCUT2D eigenvalue weighted by atomic mass is 16.1. The molecule has 0 aromatic heterocycles. The Balaban J connectivity index is 1.71. The summed E-state index contributed by atoms with van der Waals surface area (Å²) in [6.07, 6.45) is 5.91.